The second-order valence-electron chi connectivity index (χ2n) is 9.16. The third-order valence-corrected chi connectivity index (χ3v) is 7.87. The van der Waals surface area contributed by atoms with Gasteiger partial charge in [-0.25, -0.2) is 9.18 Å². The van der Waals surface area contributed by atoms with Gasteiger partial charge in [0.15, 0.2) is 0 Å². The molecule has 1 heterocycles. The molecule has 2 bridgehead atoms. The van der Waals surface area contributed by atoms with Crippen LogP contribution in [0.25, 0.3) is 6.08 Å². The molecule has 170 valence electrons. The second kappa shape index (κ2) is 9.62. The molecular weight excluding hydrogens is 433 g/mol. The summed E-state index contributed by atoms with van der Waals surface area (Å²) in [6.45, 7) is 3.10. The van der Waals surface area contributed by atoms with E-state index >= 15 is 0 Å². The fourth-order valence-corrected chi connectivity index (χ4v) is 6.11. The highest BCUT2D eigenvalue weighted by Gasteiger charge is 2.38. The van der Waals surface area contributed by atoms with E-state index in [1.165, 1.54) is 51.9 Å². The van der Waals surface area contributed by atoms with Crippen molar-refractivity contribution in [2.45, 2.75) is 45.2 Å². The molecule has 1 fully saturated rings. The maximum absolute atomic E-state index is 13.0. The molecule has 5 rings (SSSR count). The van der Waals surface area contributed by atoms with Crippen LogP contribution in [0.5, 0.6) is 5.75 Å². The average molecular weight is 462 g/mol. The standard InChI is InChI=1S/C28H28FNO2S/c1-18-2-12-26(33-18)17-30-28-21-6-7-22(28)15-23-16-25(11-8-20(23)14-21)32-27(31)13-5-19-3-9-24(29)10-4-19/h2-5,8-13,16,21-22,28,30H,6-7,14-15,17H2,1H3/b13-5+/t21-,22+,28+/m0/s1. The molecule has 0 aliphatic heterocycles. The van der Waals surface area contributed by atoms with E-state index in [4.69, 9.17) is 4.74 Å². The van der Waals surface area contributed by atoms with Gasteiger partial charge in [0.25, 0.3) is 0 Å². The van der Waals surface area contributed by atoms with Crippen molar-refractivity contribution < 1.29 is 13.9 Å². The van der Waals surface area contributed by atoms with Crippen LogP contribution >= 0.6 is 11.3 Å². The van der Waals surface area contributed by atoms with Crippen LogP contribution in [0.4, 0.5) is 4.39 Å². The molecule has 0 radical (unpaired) electrons. The minimum atomic E-state index is -0.430. The number of aryl methyl sites for hydroxylation is 1. The Balaban J connectivity index is 1.23. The first-order valence-corrected chi connectivity index (χ1v) is 12.4. The summed E-state index contributed by atoms with van der Waals surface area (Å²) in [5.74, 6) is 1.12. The molecule has 1 N–H and O–H groups in total. The number of fused-ring (bicyclic) bond motifs is 3. The number of hydrogen-bond donors (Lipinski definition) is 1. The van der Waals surface area contributed by atoms with Crippen molar-refractivity contribution in [3.63, 3.8) is 0 Å². The van der Waals surface area contributed by atoms with Crippen LogP contribution in [-0.2, 0) is 24.2 Å². The minimum absolute atomic E-state index is 0.299. The van der Waals surface area contributed by atoms with Gasteiger partial charge in [0.2, 0.25) is 0 Å². The van der Waals surface area contributed by atoms with Gasteiger partial charge in [-0.2, -0.15) is 0 Å². The predicted molar refractivity (Wildman–Crippen MR) is 131 cm³/mol. The molecule has 3 nitrogen and oxygen atoms in total. The molecule has 2 aliphatic carbocycles. The van der Waals surface area contributed by atoms with E-state index in [0.29, 0.717) is 23.6 Å². The minimum Gasteiger partial charge on any atom is -0.423 e. The summed E-state index contributed by atoms with van der Waals surface area (Å²) in [5.41, 5.74) is 3.43. The van der Waals surface area contributed by atoms with E-state index < -0.39 is 5.97 Å². The summed E-state index contributed by atoms with van der Waals surface area (Å²) in [6.07, 6.45) is 7.63. The smallest absolute Gasteiger partial charge is 0.336 e. The zero-order valence-electron chi connectivity index (χ0n) is 18.7. The van der Waals surface area contributed by atoms with Crippen LogP contribution in [-0.4, -0.2) is 12.0 Å². The van der Waals surface area contributed by atoms with E-state index in [2.05, 4.69) is 30.4 Å². The molecule has 5 heteroatoms. The lowest BCUT2D eigenvalue weighted by atomic mass is 9.93. The molecule has 0 unspecified atom stereocenters. The van der Waals surface area contributed by atoms with Crippen molar-refractivity contribution >= 4 is 23.4 Å². The Bertz CT molecular complexity index is 1170. The normalized spacial score (nSPS) is 21.7. The van der Waals surface area contributed by atoms with Gasteiger partial charge >= 0.3 is 5.97 Å². The second-order valence-corrected chi connectivity index (χ2v) is 10.5. The van der Waals surface area contributed by atoms with Crippen LogP contribution in [0.3, 0.4) is 0 Å². The fourth-order valence-electron chi connectivity index (χ4n) is 5.27. The SMILES string of the molecule is Cc1ccc(CN[C@H]2[C@@H]3CC[C@H]2Cc2ccc(OC(=O)/C=C/c4ccc(F)cc4)cc2C3)s1. The number of rotatable bonds is 6. The number of esters is 1. The molecule has 0 amide bonds. The molecular formula is C28H28FNO2S. The van der Waals surface area contributed by atoms with Gasteiger partial charge in [-0.05, 0) is 104 Å². The maximum Gasteiger partial charge on any atom is 0.336 e. The van der Waals surface area contributed by atoms with E-state index in [1.807, 2.05) is 23.5 Å². The first-order chi connectivity index (χ1) is 16.0. The van der Waals surface area contributed by atoms with Crippen molar-refractivity contribution in [3.8, 4) is 5.75 Å². The maximum atomic E-state index is 13.0. The number of halogens is 1. The summed E-state index contributed by atoms with van der Waals surface area (Å²) in [6, 6.07) is 17.0. The van der Waals surface area contributed by atoms with Gasteiger partial charge < -0.3 is 10.1 Å². The number of carbonyl (C=O) groups excluding carboxylic acids is 1. The highest BCUT2D eigenvalue weighted by Crippen LogP contribution is 2.41. The van der Waals surface area contributed by atoms with Crippen LogP contribution in [0, 0.1) is 24.6 Å². The van der Waals surface area contributed by atoms with Crippen molar-refractivity contribution in [2.24, 2.45) is 11.8 Å². The van der Waals surface area contributed by atoms with Crippen LogP contribution < -0.4 is 10.1 Å². The summed E-state index contributed by atoms with van der Waals surface area (Å²) in [4.78, 5) is 15.1. The van der Waals surface area contributed by atoms with E-state index in [0.717, 1.165) is 24.9 Å². The largest absolute Gasteiger partial charge is 0.423 e. The lowest BCUT2D eigenvalue weighted by Crippen LogP contribution is -2.37. The molecule has 3 atom stereocenters. The molecule has 0 spiro atoms. The summed E-state index contributed by atoms with van der Waals surface area (Å²) < 4.78 is 18.6. The Hall–Kier alpha value is -2.76. The van der Waals surface area contributed by atoms with E-state index in [9.17, 15) is 9.18 Å². The van der Waals surface area contributed by atoms with Crippen molar-refractivity contribution in [1.29, 1.82) is 0 Å². The number of thiophene rings is 1. The number of ether oxygens (including phenoxy) is 1. The summed E-state index contributed by atoms with van der Waals surface area (Å²) in [7, 11) is 0. The summed E-state index contributed by atoms with van der Waals surface area (Å²) in [5, 5.41) is 3.86. The molecule has 33 heavy (non-hydrogen) atoms. The Morgan fingerprint density at radius 1 is 1.06 bits per heavy atom. The van der Waals surface area contributed by atoms with E-state index in [-0.39, 0.29) is 5.82 Å². The molecule has 2 aliphatic rings. The quantitative estimate of drug-likeness (QED) is 0.274. The van der Waals surface area contributed by atoms with Crippen LogP contribution in [0.2, 0.25) is 0 Å². The van der Waals surface area contributed by atoms with Crippen molar-refractivity contribution in [2.75, 3.05) is 0 Å². The fraction of sp³-hybridized carbons (Fsp3) is 0.321. The first-order valence-electron chi connectivity index (χ1n) is 11.6. The number of nitrogens with one attached hydrogen (secondary N) is 1. The van der Waals surface area contributed by atoms with E-state index in [1.54, 1.807) is 18.2 Å². The molecule has 1 aromatic heterocycles. The van der Waals surface area contributed by atoms with Gasteiger partial charge in [-0.1, -0.05) is 18.2 Å². The molecule has 2 aromatic carbocycles. The third-order valence-electron chi connectivity index (χ3n) is 6.87. The lowest BCUT2D eigenvalue weighted by molar-refractivity contribution is -0.128. The highest BCUT2D eigenvalue weighted by molar-refractivity contribution is 7.11. The Kier molecular flexibility index (Phi) is 6.43. The Labute approximate surface area is 198 Å². The number of hydrogen-bond acceptors (Lipinski definition) is 4. The first kappa shape index (κ1) is 22.1. The predicted octanol–water partition coefficient (Wildman–Crippen LogP) is 6.10. The van der Waals surface area contributed by atoms with Gasteiger partial charge in [-0.15, -0.1) is 11.3 Å². The lowest BCUT2D eigenvalue weighted by Gasteiger charge is -2.23. The van der Waals surface area contributed by atoms with Gasteiger partial charge in [-0.3, -0.25) is 0 Å². The monoisotopic (exact) mass is 461 g/mol. The van der Waals surface area contributed by atoms with Gasteiger partial charge in [0.05, 0.1) is 0 Å². The van der Waals surface area contributed by atoms with Crippen LogP contribution in [0.15, 0.2) is 60.7 Å². The highest BCUT2D eigenvalue weighted by atomic mass is 32.1. The Morgan fingerprint density at radius 3 is 2.55 bits per heavy atom. The third kappa shape index (κ3) is 5.26. The number of carbonyl (C=O) groups is 1. The zero-order chi connectivity index (χ0) is 22.8. The van der Waals surface area contributed by atoms with Crippen molar-refractivity contribution in [1.82, 2.24) is 5.32 Å². The Morgan fingerprint density at radius 2 is 1.82 bits per heavy atom. The average Bonchev–Trinajstić information content (AvgIpc) is 3.34. The summed E-state index contributed by atoms with van der Waals surface area (Å²) >= 11 is 1.87. The number of benzene rings is 2. The molecule has 0 saturated heterocycles. The molecule has 1 saturated carbocycles. The molecule has 3 aromatic rings. The van der Waals surface area contributed by atoms with Crippen LogP contribution in [0.1, 0.15) is 39.3 Å². The van der Waals surface area contributed by atoms with Crippen molar-refractivity contribution in [3.05, 3.63) is 92.9 Å². The zero-order valence-corrected chi connectivity index (χ0v) is 19.5. The topological polar surface area (TPSA) is 38.3 Å². The van der Waals surface area contributed by atoms with Gasteiger partial charge in [0, 0.05) is 28.4 Å². The van der Waals surface area contributed by atoms with Gasteiger partial charge in [0.1, 0.15) is 11.6 Å².